The van der Waals surface area contributed by atoms with Crippen molar-refractivity contribution >= 4 is 5.78 Å². The molecule has 0 aromatic heterocycles. The molecule has 0 heterocycles. The van der Waals surface area contributed by atoms with E-state index >= 15 is 0 Å². The van der Waals surface area contributed by atoms with E-state index in [1.807, 2.05) is 24.3 Å². The lowest BCUT2D eigenvalue weighted by Gasteiger charge is -2.28. The zero-order valence-corrected chi connectivity index (χ0v) is 11.0. The van der Waals surface area contributed by atoms with Gasteiger partial charge in [-0.2, -0.15) is 0 Å². The predicted octanol–water partition coefficient (Wildman–Crippen LogP) is 4.31. The first-order chi connectivity index (χ1) is 9.34. The first-order valence-electron chi connectivity index (χ1n) is 6.97. The second-order valence-electron chi connectivity index (χ2n) is 5.32. The van der Waals surface area contributed by atoms with E-state index in [0.717, 1.165) is 12.8 Å². The smallest absolute Gasteiger partial charge is 0.140 e. The summed E-state index contributed by atoms with van der Waals surface area (Å²) in [6, 6.07) is 20.6. The molecule has 0 aliphatic heterocycles. The second-order valence-corrected chi connectivity index (χ2v) is 5.32. The highest BCUT2D eigenvalue weighted by Crippen LogP contribution is 2.37. The number of carbonyl (C=O) groups excluding carboxylic acids is 1. The quantitative estimate of drug-likeness (QED) is 0.776. The Morgan fingerprint density at radius 2 is 1.32 bits per heavy atom. The molecule has 3 rings (SSSR count). The summed E-state index contributed by atoms with van der Waals surface area (Å²) in [6.45, 7) is 0. The van der Waals surface area contributed by atoms with Crippen molar-refractivity contribution in [2.75, 3.05) is 0 Å². The Balaban J connectivity index is 1.75. The zero-order chi connectivity index (χ0) is 13.1. The molecule has 2 aromatic rings. The standard InChI is InChI=1S/C18H18O/c19-18-13-16(14-7-3-1-4-8-14)11-12-17(18)15-9-5-2-6-10-15/h1-10,16-17H,11-13H2/t16-,17+/m1/s1. The number of hydrogen-bond donors (Lipinski definition) is 0. The highest BCUT2D eigenvalue weighted by Gasteiger charge is 2.30. The Hall–Kier alpha value is -1.89. The summed E-state index contributed by atoms with van der Waals surface area (Å²) in [5.41, 5.74) is 2.49. The number of hydrogen-bond acceptors (Lipinski definition) is 1. The molecule has 1 aliphatic rings. The van der Waals surface area contributed by atoms with Gasteiger partial charge in [-0.05, 0) is 29.9 Å². The molecule has 1 fully saturated rings. The van der Waals surface area contributed by atoms with Crippen molar-refractivity contribution in [3.63, 3.8) is 0 Å². The minimum absolute atomic E-state index is 0.112. The van der Waals surface area contributed by atoms with Crippen molar-refractivity contribution in [1.29, 1.82) is 0 Å². The number of benzene rings is 2. The van der Waals surface area contributed by atoms with Crippen LogP contribution in [0.5, 0.6) is 0 Å². The minimum Gasteiger partial charge on any atom is -0.299 e. The lowest BCUT2D eigenvalue weighted by Crippen LogP contribution is -2.22. The van der Waals surface area contributed by atoms with E-state index in [-0.39, 0.29) is 5.92 Å². The van der Waals surface area contributed by atoms with Crippen LogP contribution in [0.3, 0.4) is 0 Å². The third kappa shape index (κ3) is 2.60. The lowest BCUT2D eigenvalue weighted by molar-refractivity contribution is -0.122. The summed E-state index contributed by atoms with van der Waals surface area (Å²) in [5.74, 6) is 0.918. The Labute approximate surface area is 114 Å². The maximum absolute atomic E-state index is 12.4. The maximum atomic E-state index is 12.4. The molecule has 2 aromatic carbocycles. The fraction of sp³-hybridized carbons (Fsp3) is 0.278. The lowest BCUT2D eigenvalue weighted by atomic mass is 9.75. The molecule has 2 atom stereocenters. The van der Waals surface area contributed by atoms with Gasteiger partial charge in [0.15, 0.2) is 0 Å². The van der Waals surface area contributed by atoms with E-state index in [1.165, 1.54) is 11.1 Å². The van der Waals surface area contributed by atoms with Crippen LogP contribution in [0, 0.1) is 0 Å². The largest absolute Gasteiger partial charge is 0.299 e. The molecule has 1 saturated carbocycles. The van der Waals surface area contributed by atoms with E-state index in [9.17, 15) is 4.79 Å². The second kappa shape index (κ2) is 5.40. The summed E-state index contributed by atoms with van der Waals surface area (Å²) in [5, 5.41) is 0. The molecule has 96 valence electrons. The highest BCUT2D eigenvalue weighted by molar-refractivity contribution is 5.87. The molecule has 0 N–H and O–H groups in total. The molecule has 0 saturated heterocycles. The van der Waals surface area contributed by atoms with Gasteiger partial charge in [0.2, 0.25) is 0 Å². The Kier molecular flexibility index (Phi) is 3.45. The summed E-state index contributed by atoms with van der Waals surface area (Å²) in [7, 11) is 0. The molecular weight excluding hydrogens is 232 g/mol. The Morgan fingerprint density at radius 1 is 0.737 bits per heavy atom. The average Bonchev–Trinajstić information content (AvgIpc) is 2.49. The molecular formula is C18H18O. The fourth-order valence-corrected chi connectivity index (χ4v) is 3.06. The SMILES string of the molecule is O=C1C[C@H](c2ccccc2)CC[C@H]1c1ccccc1. The van der Waals surface area contributed by atoms with Crippen molar-refractivity contribution in [1.82, 2.24) is 0 Å². The Bertz CT molecular complexity index is 544. The van der Waals surface area contributed by atoms with Gasteiger partial charge in [0, 0.05) is 12.3 Å². The topological polar surface area (TPSA) is 17.1 Å². The van der Waals surface area contributed by atoms with Crippen molar-refractivity contribution in [3.8, 4) is 0 Å². The van der Waals surface area contributed by atoms with E-state index in [1.54, 1.807) is 0 Å². The average molecular weight is 250 g/mol. The summed E-state index contributed by atoms with van der Waals surface area (Å²) >= 11 is 0. The number of Topliss-reactive ketones (excluding diaryl/α,β-unsaturated/α-hetero) is 1. The van der Waals surface area contributed by atoms with E-state index in [0.29, 0.717) is 18.1 Å². The molecule has 1 nitrogen and oxygen atoms in total. The minimum atomic E-state index is 0.112. The van der Waals surface area contributed by atoms with Gasteiger partial charge in [0.25, 0.3) is 0 Å². The van der Waals surface area contributed by atoms with Crippen molar-refractivity contribution in [2.24, 2.45) is 0 Å². The van der Waals surface area contributed by atoms with Gasteiger partial charge in [-0.15, -0.1) is 0 Å². The van der Waals surface area contributed by atoms with Crippen LogP contribution in [0.1, 0.15) is 42.2 Å². The third-order valence-electron chi connectivity index (χ3n) is 4.11. The zero-order valence-electron chi connectivity index (χ0n) is 11.0. The first-order valence-corrected chi connectivity index (χ1v) is 6.97. The Morgan fingerprint density at radius 3 is 1.89 bits per heavy atom. The van der Waals surface area contributed by atoms with Gasteiger partial charge >= 0.3 is 0 Å². The maximum Gasteiger partial charge on any atom is 0.140 e. The molecule has 1 heteroatoms. The number of carbonyl (C=O) groups is 1. The van der Waals surface area contributed by atoms with E-state index < -0.39 is 0 Å². The molecule has 0 radical (unpaired) electrons. The van der Waals surface area contributed by atoms with Crippen molar-refractivity contribution in [2.45, 2.75) is 31.1 Å². The molecule has 0 amide bonds. The molecule has 0 unspecified atom stereocenters. The van der Waals surface area contributed by atoms with Gasteiger partial charge in [-0.1, -0.05) is 60.7 Å². The van der Waals surface area contributed by atoms with Gasteiger partial charge in [0.1, 0.15) is 5.78 Å². The van der Waals surface area contributed by atoms with Crippen LogP contribution in [0.4, 0.5) is 0 Å². The fourth-order valence-electron chi connectivity index (χ4n) is 3.06. The van der Waals surface area contributed by atoms with Gasteiger partial charge < -0.3 is 0 Å². The van der Waals surface area contributed by atoms with Crippen LogP contribution >= 0.6 is 0 Å². The molecule has 19 heavy (non-hydrogen) atoms. The van der Waals surface area contributed by atoms with Crippen molar-refractivity contribution < 1.29 is 4.79 Å². The molecule has 0 spiro atoms. The van der Waals surface area contributed by atoms with Crippen LogP contribution in [0.2, 0.25) is 0 Å². The van der Waals surface area contributed by atoms with E-state index in [4.69, 9.17) is 0 Å². The monoisotopic (exact) mass is 250 g/mol. The van der Waals surface area contributed by atoms with Gasteiger partial charge in [-0.3, -0.25) is 4.79 Å². The van der Waals surface area contributed by atoms with Crippen LogP contribution in [0.25, 0.3) is 0 Å². The molecule has 0 bridgehead atoms. The van der Waals surface area contributed by atoms with E-state index in [2.05, 4.69) is 36.4 Å². The van der Waals surface area contributed by atoms with Crippen LogP contribution in [-0.4, -0.2) is 5.78 Å². The first kappa shape index (κ1) is 12.2. The van der Waals surface area contributed by atoms with Crippen molar-refractivity contribution in [3.05, 3.63) is 71.8 Å². The summed E-state index contributed by atoms with van der Waals surface area (Å²) < 4.78 is 0. The normalized spacial score (nSPS) is 23.3. The summed E-state index contributed by atoms with van der Waals surface area (Å²) in [4.78, 5) is 12.4. The number of rotatable bonds is 2. The molecule has 1 aliphatic carbocycles. The van der Waals surface area contributed by atoms with Gasteiger partial charge in [-0.25, -0.2) is 0 Å². The highest BCUT2D eigenvalue weighted by atomic mass is 16.1. The third-order valence-corrected chi connectivity index (χ3v) is 4.11. The predicted molar refractivity (Wildman–Crippen MR) is 77.2 cm³/mol. The van der Waals surface area contributed by atoms with Gasteiger partial charge in [0.05, 0.1) is 0 Å². The van der Waals surface area contributed by atoms with Crippen LogP contribution in [-0.2, 0) is 4.79 Å². The summed E-state index contributed by atoms with van der Waals surface area (Å²) in [6.07, 6.45) is 2.77. The van der Waals surface area contributed by atoms with Crippen LogP contribution in [0.15, 0.2) is 60.7 Å². The van der Waals surface area contributed by atoms with Crippen LogP contribution < -0.4 is 0 Å². The number of ketones is 1.